The van der Waals surface area contributed by atoms with Gasteiger partial charge in [-0.15, -0.1) is 0 Å². The van der Waals surface area contributed by atoms with Crippen molar-refractivity contribution in [3.63, 3.8) is 0 Å². The Morgan fingerprint density at radius 3 is 1.39 bits per heavy atom. The van der Waals surface area contributed by atoms with Crippen molar-refractivity contribution < 1.29 is 0 Å². The summed E-state index contributed by atoms with van der Waals surface area (Å²) in [6.07, 6.45) is 0. The van der Waals surface area contributed by atoms with Crippen molar-refractivity contribution >= 4 is 38.6 Å². The molecule has 1 nitrogen and oxygen atoms in total. The molecule has 1 heteroatoms. The second kappa shape index (κ2) is 13.3. The molecule has 9 rings (SSSR count). The number of para-hydroxylation sites is 1. The molecule has 0 spiro atoms. The van der Waals surface area contributed by atoms with Gasteiger partial charge in [0.2, 0.25) is 0 Å². The first-order valence-corrected chi connectivity index (χ1v) is 17.5. The fourth-order valence-electron chi connectivity index (χ4n) is 7.54. The van der Waals surface area contributed by atoms with E-state index in [1.165, 1.54) is 66.1 Å². The van der Waals surface area contributed by atoms with Gasteiger partial charge < -0.3 is 4.90 Å². The SMILES string of the molecule is c1ccc(-c2cccc(N(c3ccc4c(c3)c(-c3ccccc3)c(-c3ccccc3)c3ccccc34)c3ccccc3-c3ccccc3)c2)cc1. The number of rotatable bonds is 7. The molecule has 0 saturated carbocycles. The van der Waals surface area contributed by atoms with Crippen LogP contribution in [0.25, 0.3) is 66.1 Å². The van der Waals surface area contributed by atoms with Crippen LogP contribution in [0, 0.1) is 0 Å². The van der Waals surface area contributed by atoms with Crippen LogP contribution >= 0.6 is 0 Å². The predicted octanol–water partition coefficient (Wildman–Crippen LogP) is 14.1. The molecule has 51 heavy (non-hydrogen) atoms. The van der Waals surface area contributed by atoms with Crippen molar-refractivity contribution in [3.05, 3.63) is 212 Å². The summed E-state index contributed by atoms with van der Waals surface area (Å²) >= 11 is 0. The van der Waals surface area contributed by atoms with Crippen molar-refractivity contribution in [1.82, 2.24) is 0 Å². The number of nitrogens with zero attached hydrogens (tertiary/aromatic N) is 1. The molecule has 0 heterocycles. The molecule has 240 valence electrons. The largest absolute Gasteiger partial charge is 0.310 e. The first-order chi connectivity index (χ1) is 25.3. The van der Waals surface area contributed by atoms with E-state index in [4.69, 9.17) is 0 Å². The number of fused-ring (bicyclic) bond motifs is 3. The molecular weight excluding hydrogens is 615 g/mol. The summed E-state index contributed by atoms with van der Waals surface area (Å²) in [6, 6.07) is 76.6. The van der Waals surface area contributed by atoms with Crippen LogP contribution in [-0.4, -0.2) is 0 Å². The second-order valence-corrected chi connectivity index (χ2v) is 12.9. The van der Waals surface area contributed by atoms with Gasteiger partial charge in [0, 0.05) is 16.9 Å². The van der Waals surface area contributed by atoms with Gasteiger partial charge in [0.15, 0.2) is 0 Å². The van der Waals surface area contributed by atoms with Crippen molar-refractivity contribution in [1.29, 1.82) is 0 Å². The fourth-order valence-corrected chi connectivity index (χ4v) is 7.54. The van der Waals surface area contributed by atoms with E-state index >= 15 is 0 Å². The number of hydrogen-bond acceptors (Lipinski definition) is 1. The van der Waals surface area contributed by atoms with Gasteiger partial charge in [-0.1, -0.05) is 182 Å². The lowest BCUT2D eigenvalue weighted by Gasteiger charge is -2.29. The van der Waals surface area contributed by atoms with Gasteiger partial charge in [0.25, 0.3) is 0 Å². The Balaban J connectivity index is 1.37. The Hall–Kier alpha value is -6.70. The molecule has 0 atom stereocenters. The maximum Gasteiger partial charge on any atom is 0.0540 e. The first-order valence-electron chi connectivity index (χ1n) is 17.5. The Morgan fingerprint density at radius 1 is 0.255 bits per heavy atom. The van der Waals surface area contributed by atoms with Gasteiger partial charge in [-0.3, -0.25) is 0 Å². The predicted molar refractivity (Wildman–Crippen MR) is 218 cm³/mol. The van der Waals surface area contributed by atoms with Gasteiger partial charge in [0.05, 0.1) is 5.69 Å². The first kappa shape index (κ1) is 30.4. The quantitative estimate of drug-likeness (QED) is 0.155. The molecule has 0 aromatic heterocycles. The summed E-state index contributed by atoms with van der Waals surface area (Å²) < 4.78 is 0. The van der Waals surface area contributed by atoms with E-state index in [0.717, 1.165) is 17.1 Å². The molecule has 0 amide bonds. The maximum atomic E-state index is 2.43. The number of anilines is 3. The zero-order valence-electron chi connectivity index (χ0n) is 28.2. The van der Waals surface area contributed by atoms with Crippen molar-refractivity contribution in [2.24, 2.45) is 0 Å². The number of benzene rings is 9. The lowest BCUT2D eigenvalue weighted by atomic mass is 9.85. The molecule has 0 bridgehead atoms. The Morgan fingerprint density at radius 2 is 0.725 bits per heavy atom. The van der Waals surface area contributed by atoms with E-state index in [1.54, 1.807) is 0 Å². The highest BCUT2D eigenvalue weighted by Crippen LogP contribution is 2.48. The monoisotopic (exact) mass is 649 g/mol. The van der Waals surface area contributed by atoms with Crippen LogP contribution in [0.4, 0.5) is 17.1 Å². The van der Waals surface area contributed by atoms with Crippen LogP contribution in [-0.2, 0) is 0 Å². The van der Waals surface area contributed by atoms with Crippen LogP contribution in [0.5, 0.6) is 0 Å². The number of hydrogen-bond donors (Lipinski definition) is 0. The average molecular weight is 650 g/mol. The van der Waals surface area contributed by atoms with E-state index in [1.807, 2.05) is 0 Å². The summed E-state index contributed by atoms with van der Waals surface area (Å²) in [5.74, 6) is 0. The Bertz CT molecular complexity index is 2610. The van der Waals surface area contributed by atoms with Gasteiger partial charge in [0.1, 0.15) is 0 Å². The zero-order chi connectivity index (χ0) is 34.0. The van der Waals surface area contributed by atoms with E-state index < -0.39 is 0 Å². The van der Waals surface area contributed by atoms with Gasteiger partial charge >= 0.3 is 0 Å². The highest BCUT2D eigenvalue weighted by atomic mass is 15.1. The lowest BCUT2D eigenvalue weighted by molar-refractivity contribution is 1.29. The second-order valence-electron chi connectivity index (χ2n) is 12.9. The average Bonchev–Trinajstić information content (AvgIpc) is 3.22. The van der Waals surface area contributed by atoms with E-state index in [9.17, 15) is 0 Å². The molecular formula is C50H35N. The standard InChI is InChI=1S/C50H35N/c1-5-18-36(19-6-1)40-26-17-27-41(34-40)51(48-31-16-15-28-43(48)37-20-7-2-8-21-37)42-32-33-45-44-29-13-14-30-46(44)49(38-22-9-3-10-23-38)50(47(45)35-42)39-24-11-4-12-25-39/h1-35H. The normalized spacial score (nSPS) is 11.1. The summed E-state index contributed by atoms with van der Waals surface area (Å²) in [5, 5.41) is 4.96. The van der Waals surface area contributed by atoms with Gasteiger partial charge in [-0.05, 0) is 90.8 Å². The van der Waals surface area contributed by atoms with Gasteiger partial charge in [-0.25, -0.2) is 0 Å². The third-order valence-corrected chi connectivity index (χ3v) is 9.83. The van der Waals surface area contributed by atoms with E-state index in [2.05, 4.69) is 217 Å². The molecule has 0 radical (unpaired) electrons. The van der Waals surface area contributed by atoms with Crippen LogP contribution in [0.3, 0.4) is 0 Å². The molecule has 0 saturated heterocycles. The van der Waals surface area contributed by atoms with E-state index in [-0.39, 0.29) is 0 Å². The van der Waals surface area contributed by atoms with E-state index in [0.29, 0.717) is 0 Å². The lowest BCUT2D eigenvalue weighted by Crippen LogP contribution is -2.11. The van der Waals surface area contributed by atoms with Crippen LogP contribution in [0.1, 0.15) is 0 Å². The third kappa shape index (κ3) is 5.65. The summed E-state index contributed by atoms with van der Waals surface area (Å²) in [6.45, 7) is 0. The summed E-state index contributed by atoms with van der Waals surface area (Å²) in [4.78, 5) is 2.43. The minimum atomic E-state index is 1.10. The smallest absolute Gasteiger partial charge is 0.0540 e. The molecule has 0 fully saturated rings. The highest BCUT2D eigenvalue weighted by Gasteiger charge is 2.22. The third-order valence-electron chi connectivity index (χ3n) is 9.83. The Labute approximate surface area is 299 Å². The summed E-state index contributed by atoms with van der Waals surface area (Å²) in [7, 11) is 0. The maximum absolute atomic E-state index is 2.43. The fraction of sp³-hybridized carbons (Fsp3) is 0. The minimum absolute atomic E-state index is 1.10. The molecule has 0 aliphatic carbocycles. The highest BCUT2D eigenvalue weighted by molar-refractivity contribution is 6.22. The molecule has 0 aliphatic heterocycles. The zero-order valence-corrected chi connectivity index (χ0v) is 28.2. The van der Waals surface area contributed by atoms with Crippen molar-refractivity contribution in [2.75, 3.05) is 4.90 Å². The molecule has 9 aromatic carbocycles. The molecule has 0 unspecified atom stereocenters. The van der Waals surface area contributed by atoms with Crippen LogP contribution in [0.2, 0.25) is 0 Å². The summed E-state index contributed by atoms with van der Waals surface area (Å²) in [5.41, 5.74) is 13.0. The molecule has 9 aromatic rings. The van der Waals surface area contributed by atoms with Gasteiger partial charge in [-0.2, -0.15) is 0 Å². The Kier molecular flexibility index (Phi) is 7.92. The van der Waals surface area contributed by atoms with Crippen molar-refractivity contribution in [2.45, 2.75) is 0 Å². The van der Waals surface area contributed by atoms with Crippen molar-refractivity contribution in [3.8, 4) is 44.5 Å². The molecule has 0 aliphatic rings. The topological polar surface area (TPSA) is 3.24 Å². The van der Waals surface area contributed by atoms with Crippen LogP contribution < -0.4 is 4.90 Å². The molecule has 0 N–H and O–H groups in total. The van der Waals surface area contributed by atoms with Crippen LogP contribution in [0.15, 0.2) is 212 Å². The minimum Gasteiger partial charge on any atom is -0.310 e.